The molecule has 7 nitrogen and oxygen atoms in total. The first kappa shape index (κ1) is 17.2. The molecule has 0 saturated heterocycles. The van der Waals surface area contributed by atoms with E-state index in [1.54, 1.807) is 43.3 Å². The van der Waals surface area contributed by atoms with Crippen LogP contribution in [0.25, 0.3) is 10.8 Å². The molecule has 26 heavy (non-hydrogen) atoms. The number of carboxylic acids is 1. The van der Waals surface area contributed by atoms with Gasteiger partial charge in [-0.1, -0.05) is 24.3 Å². The molecular formula is C19H16N2O5. The molecule has 1 aromatic heterocycles. The number of amides is 1. The molecule has 0 bridgehead atoms. The molecule has 0 spiro atoms. The van der Waals surface area contributed by atoms with Crippen LogP contribution < -0.4 is 9.64 Å². The Labute approximate surface area is 149 Å². The standard InChI is InChI=1S/C19H16N2O5/c1-12-9-13-7-8-15(26-14-5-3-2-4-6-14)10-16(13)18(20-12)21(19(24)25)11-17(22)23/h2-10H,11H2,1H3,(H,22,23)(H,24,25). The number of carboxylic acid groups (broad SMARTS) is 2. The molecule has 2 N–H and O–H groups in total. The average Bonchev–Trinajstić information content (AvgIpc) is 2.60. The first-order valence-electron chi connectivity index (χ1n) is 7.80. The number of carbonyl (C=O) groups is 2. The minimum Gasteiger partial charge on any atom is -0.480 e. The molecule has 0 aliphatic rings. The Morgan fingerprint density at radius 3 is 2.42 bits per heavy atom. The summed E-state index contributed by atoms with van der Waals surface area (Å²) in [5.74, 6) is -0.0701. The molecule has 0 aliphatic carbocycles. The fourth-order valence-corrected chi connectivity index (χ4v) is 2.60. The zero-order valence-corrected chi connectivity index (χ0v) is 13.9. The summed E-state index contributed by atoms with van der Waals surface area (Å²) in [5, 5.41) is 19.7. The monoisotopic (exact) mass is 352 g/mol. The Morgan fingerprint density at radius 2 is 1.77 bits per heavy atom. The van der Waals surface area contributed by atoms with Crippen LogP contribution in [-0.2, 0) is 4.79 Å². The lowest BCUT2D eigenvalue weighted by Crippen LogP contribution is -2.35. The van der Waals surface area contributed by atoms with E-state index in [1.165, 1.54) is 0 Å². The van der Waals surface area contributed by atoms with E-state index in [9.17, 15) is 14.7 Å². The van der Waals surface area contributed by atoms with Gasteiger partial charge in [0.25, 0.3) is 0 Å². The van der Waals surface area contributed by atoms with E-state index in [-0.39, 0.29) is 5.82 Å². The lowest BCUT2D eigenvalue weighted by Gasteiger charge is -2.19. The number of pyridine rings is 1. The van der Waals surface area contributed by atoms with Gasteiger partial charge in [-0.15, -0.1) is 0 Å². The second-order valence-electron chi connectivity index (χ2n) is 5.65. The molecule has 3 rings (SSSR count). The minimum atomic E-state index is -1.39. The summed E-state index contributed by atoms with van der Waals surface area (Å²) in [6.45, 7) is 1.02. The zero-order chi connectivity index (χ0) is 18.7. The van der Waals surface area contributed by atoms with E-state index < -0.39 is 18.6 Å². The smallest absolute Gasteiger partial charge is 0.413 e. The van der Waals surface area contributed by atoms with Crippen molar-refractivity contribution < 1.29 is 24.5 Å². The zero-order valence-electron chi connectivity index (χ0n) is 13.9. The molecule has 1 heterocycles. The van der Waals surface area contributed by atoms with Crippen LogP contribution in [0, 0.1) is 6.92 Å². The van der Waals surface area contributed by atoms with Gasteiger partial charge in [-0.25, -0.2) is 14.7 Å². The second-order valence-corrected chi connectivity index (χ2v) is 5.65. The Morgan fingerprint density at radius 1 is 1.04 bits per heavy atom. The molecule has 0 saturated carbocycles. The fourth-order valence-electron chi connectivity index (χ4n) is 2.60. The van der Waals surface area contributed by atoms with Gasteiger partial charge in [0.1, 0.15) is 23.9 Å². The lowest BCUT2D eigenvalue weighted by molar-refractivity contribution is -0.135. The number of fused-ring (bicyclic) bond motifs is 1. The van der Waals surface area contributed by atoms with Gasteiger partial charge in [-0.05, 0) is 42.6 Å². The number of hydrogen-bond donors (Lipinski definition) is 2. The highest BCUT2D eigenvalue weighted by atomic mass is 16.5. The molecular weight excluding hydrogens is 336 g/mol. The minimum absolute atomic E-state index is 0.0633. The van der Waals surface area contributed by atoms with E-state index in [1.807, 2.05) is 18.2 Å². The maximum absolute atomic E-state index is 11.6. The van der Waals surface area contributed by atoms with Crippen molar-refractivity contribution in [2.24, 2.45) is 0 Å². The van der Waals surface area contributed by atoms with Gasteiger partial charge in [0, 0.05) is 11.1 Å². The van der Waals surface area contributed by atoms with Crippen LogP contribution >= 0.6 is 0 Å². The summed E-state index contributed by atoms with van der Waals surface area (Å²) in [6, 6.07) is 16.1. The highest BCUT2D eigenvalue weighted by molar-refractivity contribution is 6.02. The molecule has 3 aromatic rings. The van der Waals surface area contributed by atoms with Crippen LogP contribution in [-0.4, -0.2) is 33.8 Å². The van der Waals surface area contributed by atoms with Gasteiger partial charge in [0.05, 0.1) is 0 Å². The van der Waals surface area contributed by atoms with Crippen LogP contribution in [0.1, 0.15) is 5.69 Å². The van der Waals surface area contributed by atoms with Crippen LogP contribution in [0.15, 0.2) is 54.6 Å². The van der Waals surface area contributed by atoms with Crippen molar-refractivity contribution in [1.29, 1.82) is 0 Å². The highest BCUT2D eigenvalue weighted by Gasteiger charge is 2.22. The van der Waals surface area contributed by atoms with Crippen molar-refractivity contribution in [3.63, 3.8) is 0 Å². The van der Waals surface area contributed by atoms with E-state index >= 15 is 0 Å². The summed E-state index contributed by atoms with van der Waals surface area (Å²) in [7, 11) is 0. The van der Waals surface area contributed by atoms with Crippen molar-refractivity contribution in [3.05, 3.63) is 60.3 Å². The van der Waals surface area contributed by atoms with Crippen LogP contribution in [0.4, 0.5) is 10.6 Å². The largest absolute Gasteiger partial charge is 0.480 e. The number of hydrogen-bond acceptors (Lipinski definition) is 4. The molecule has 7 heteroatoms. The van der Waals surface area contributed by atoms with Crippen LogP contribution in [0.3, 0.4) is 0 Å². The lowest BCUT2D eigenvalue weighted by atomic mass is 10.1. The second kappa shape index (κ2) is 7.10. The van der Waals surface area contributed by atoms with Gasteiger partial charge >= 0.3 is 12.1 Å². The Bertz CT molecular complexity index is 972. The summed E-state index contributed by atoms with van der Waals surface area (Å²) in [5.41, 5.74) is 0.584. The molecule has 0 aliphatic heterocycles. The first-order valence-corrected chi connectivity index (χ1v) is 7.80. The number of nitrogens with zero attached hydrogens (tertiary/aromatic N) is 2. The van der Waals surface area contributed by atoms with Crippen molar-refractivity contribution in [1.82, 2.24) is 4.98 Å². The molecule has 2 aromatic carbocycles. The predicted molar refractivity (Wildman–Crippen MR) is 96.0 cm³/mol. The fraction of sp³-hybridized carbons (Fsp3) is 0.105. The third-order valence-electron chi connectivity index (χ3n) is 3.67. The van der Waals surface area contributed by atoms with Gasteiger partial charge < -0.3 is 14.9 Å². The predicted octanol–water partition coefficient (Wildman–Crippen LogP) is 3.90. The Kier molecular flexibility index (Phi) is 4.70. The summed E-state index contributed by atoms with van der Waals surface area (Å²) in [4.78, 5) is 27.6. The first-order chi connectivity index (χ1) is 12.4. The number of para-hydroxylation sites is 1. The number of aliphatic carboxylic acids is 1. The van der Waals surface area contributed by atoms with Crippen LogP contribution in [0.5, 0.6) is 11.5 Å². The van der Waals surface area contributed by atoms with Crippen molar-refractivity contribution in [2.45, 2.75) is 6.92 Å². The average molecular weight is 352 g/mol. The summed E-state index contributed by atoms with van der Waals surface area (Å²) < 4.78 is 5.78. The third-order valence-corrected chi connectivity index (χ3v) is 3.67. The SMILES string of the molecule is Cc1cc2ccc(Oc3ccccc3)cc2c(N(CC(=O)O)C(=O)O)n1. The third kappa shape index (κ3) is 3.72. The number of ether oxygens (including phenoxy) is 1. The Hall–Kier alpha value is -3.61. The maximum Gasteiger partial charge on any atom is 0.413 e. The van der Waals surface area contributed by atoms with Crippen molar-refractivity contribution in [2.75, 3.05) is 11.4 Å². The number of aryl methyl sites for hydroxylation is 1. The molecule has 0 unspecified atom stereocenters. The van der Waals surface area contributed by atoms with E-state index in [0.717, 1.165) is 5.39 Å². The van der Waals surface area contributed by atoms with Gasteiger partial charge in [0.15, 0.2) is 0 Å². The van der Waals surface area contributed by atoms with Gasteiger partial charge in [0.2, 0.25) is 0 Å². The molecule has 132 valence electrons. The van der Waals surface area contributed by atoms with Crippen molar-refractivity contribution >= 4 is 28.7 Å². The Balaban J connectivity index is 2.10. The topological polar surface area (TPSA) is 100.0 Å². The van der Waals surface area contributed by atoms with E-state index in [2.05, 4.69) is 4.98 Å². The molecule has 0 atom stereocenters. The molecule has 1 amide bonds. The number of anilines is 1. The van der Waals surface area contributed by atoms with E-state index in [4.69, 9.17) is 9.84 Å². The normalized spacial score (nSPS) is 10.5. The van der Waals surface area contributed by atoms with Crippen LogP contribution in [0.2, 0.25) is 0 Å². The molecule has 0 radical (unpaired) electrons. The van der Waals surface area contributed by atoms with Crippen molar-refractivity contribution in [3.8, 4) is 11.5 Å². The highest BCUT2D eigenvalue weighted by Crippen LogP contribution is 2.31. The maximum atomic E-state index is 11.6. The number of benzene rings is 2. The van der Waals surface area contributed by atoms with E-state index in [0.29, 0.717) is 27.5 Å². The van der Waals surface area contributed by atoms with Gasteiger partial charge in [-0.3, -0.25) is 4.79 Å². The number of aromatic nitrogens is 1. The summed E-state index contributed by atoms with van der Waals surface area (Å²) in [6.07, 6.45) is -1.39. The molecule has 0 fully saturated rings. The number of rotatable bonds is 5. The quantitative estimate of drug-likeness (QED) is 0.722. The van der Waals surface area contributed by atoms with Gasteiger partial charge in [-0.2, -0.15) is 0 Å². The summed E-state index contributed by atoms with van der Waals surface area (Å²) >= 11 is 0.